The molecule has 5 heteroatoms. The largest absolute Gasteiger partial charge is 0.337 e. The predicted molar refractivity (Wildman–Crippen MR) is 73.8 cm³/mol. The van der Waals surface area contributed by atoms with Gasteiger partial charge in [0.15, 0.2) is 0 Å². The number of hydrogen-bond acceptors (Lipinski definition) is 4. The summed E-state index contributed by atoms with van der Waals surface area (Å²) in [5, 5.41) is 9.02. The third-order valence-electron chi connectivity index (χ3n) is 3.62. The number of carbonyl (C=O) groups excluding carboxylic acids is 1. The molecule has 1 atom stereocenters. The smallest absolute Gasteiger partial charge is 0.256 e. The van der Waals surface area contributed by atoms with Crippen molar-refractivity contribution in [3.8, 4) is 6.07 Å². The maximum Gasteiger partial charge on any atom is 0.256 e. The summed E-state index contributed by atoms with van der Waals surface area (Å²) in [5.41, 5.74) is 1.90. The lowest BCUT2D eigenvalue weighted by Crippen LogP contribution is -2.39. The van der Waals surface area contributed by atoms with Gasteiger partial charge in [-0.2, -0.15) is 5.26 Å². The summed E-state index contributed by atoms with van der Waals surface area (Å²) in [6.45, 7) is 1.21. The van der Waals surface area contributed by atoms with Crippen molar-refractivity contribution in [1.29, 1.82) is 5.26 Å². The lowest BCUT2D eigenvalue weighted by molar-refractivity contribution is 0.0700. The first kappa shape index (κ1) is 12.5. The Labute approximate surface area is 116 Å². The monoisotopic (exact) mass is 266 g/mol. The van der Waals surface area contributed by atoms with Gasteiger partial charge < -0.3 is 4.90 Å². The maximum atomic E-state index is 12.6. The van der Waals surface area contributed by atoms with E-state index in [9.17, 15) is 4.79 Å². The Kier molecular flexibility index (Phi) is 3.30. The number of aromatic nitrogens is 2. The highest BCUT2D eigenvalue weighted by atomic mass is 16.2. The molecule has 0 spiro atoms. The van der Waals surface area contributed by atoms with Gasteiger partial charge >= 0.3 is 0 Å². The molecule has 1 amide bonds. The second-order valence-corrected chi connectivity index (χ2v) is 4.95. The van der Waals surface area contributed by atoms with Crippen LogP contribution >= 0.6 is 0 Å². The van der Waals surface area contributed by atoms with E-state index in [0.29, 0.717) is 29.7 Å². The molecule has 100 valence electrons. The summed E-state index contributed by atoms with van der Waals surface area (Å²) in [7, 11) is 0. The fourth-order valence-corrected chi connectivity index (χ4v) is 2.60. The van der Waals surface area contributed by atoms with Crippen molar-refractivity contribution >= 4 is 16.9 Å². The van der Waals surface area contributed by atoms with Crippen molar-refractivity contribution in [1.82, 2.24) is 14.9 Å². The Morgan fingerprint density at radius 3 is 3.05 bits per heavy atom. The zero-order valence-electron chi connectivity index (χ0n) is 11.0. The van der Waals surface area contributed by atoms with Crippen LogP contribution in [0.5, 0.6) is 0 Å². The lowest BCUT2D eigenvalue weighted by atomic mass is 9.99. The van der Waals surface area contributed by atoms with E-state index in [1.54, 1.807) is 23.4 Å². The van der Waals surface area contributed by atoms with Gasteiger partial charge in [-0.05, 0) is 25.0 Å². The second kappa shape index (κ2) is 5.25. The van der Waals surface area contributed by atoms with Gasteiger partial charge in [-0.1, -0.05) is 6.07 Å². The highest BCUT2D eigenvalue weighted by molar-refractivity contribution is 6.04. The molecule has 5 nitrogen and oxygen atoms in total. The summed E-state index contributed by atoms with van der Waals surface area (Å²) < 4.78 is 0. The molecule has 1 fully saturated rings. The quantitative estimate of drug-likeness (QED) is 0.791. The lowest BCUT2D eigenvalue weighted by Gasteiger charge is -2.29. The molecule has 3 rings (SSSR count). The number of benzene rings is 1. The van der Waals surface area contributed by atoms with E-state index in [4.69, 9.17) is 5.26 Å². The maximum absolute atomic E-state index is 12.6. The van der Waals surface area contributed by atoms with Crippen molar-refractivity contribution < 1.29 is 4.79 Å². The second-order valence-electron chi connectivity index (χ2n) is 4.95. The summed E-state index contributed by atoms with van der Waals surface area (Å²) >= 11 is 0. The van der Waals surface area contributed by atoms with Gasteiger partial charge in [0.1, 0.15) is 5.52 Å². The third-order valence-corrected chi connectivity index (χ3v) is 3.62. The van der Waals surface area contributed by atoms with Crippen molar-refractivity contribution in [2.45, 2.75) is 12.8 Å². The molecule has 20 heavy (non-hydrogen) atoms. The third kappa shape index (κ3) is 2.21. The normalized spacial score (nSPS) is 18.8. The van der Waals surface area contributed by atoms with Crippen LogP contribution in [0.1, 0.15) is 23.2 Å². The topological polar surface area (TPSA) is 69.9 Å². The van der Waals surface area contributed by atoms with Crippen LogP contribution in [-0.4, -0.2) is 33.9 Å². The van der Waals surface area contributed by atoms with E-state index in [2.05, 4.69) is 16.0 Å². The number of nitrogens with zero attached hydrogens (tertiary/aromatic N) is 4. The SMILES string of the molecule is N#CC1CCCN(C(=O)c2cccc3nccnc23)C1. The minimum absolute atomic E-state index is 0.0592. The van der Waals surface area contributed by atoms with Crippen LogP contribution in [0.15, 0.2) is 30.6 Å². The van der Waals surface area contributed by atoms with E-state index in [-0.39, 0.29) is 11.8 Å². The number of nitriles is 1. The molecule has 0 radical (unpaired) electrons. The fraction of sp³-hybridized carbons (Fsp3) is 0.333. The van der Waals surface area contributed by atoms with Crippen LogP contribution in [0.25, 0.3) is 11.0 Å². The first-order valence-corrected chi connectivity index (χ1v) is 6.68. The first-order valence-electron chi connectivity index (χ1n) is 6.68. The molecule has 0 N–H and O–H groups in total. The van der Waals surface area contributed by atoms with Crippen LogP contribution in [0.3, 0.4) is 0 Å². The standard InChI is InChI=1S/C15H14N4O/c16-9-11-3-2-8-19(10-11)15(20)12-4-1-5-13-14(12)18-7-6-17-13/h1,4-7,11H,2-3,8,10H2. The first-order chi connectivity index (χ1) is 9.79. The van der Waals surface area contributed by atoms with Gasteiger partial charge in [0.25, 0.3) is 5.91 Å². The molecule has 1 aliphatic heterocycles. The molecule has 2 heterocycles. The Balaban J connectivity index is 1.95. The molecule has 0 saturated carbocycles. The Morgan fingerprint density at radius 2 is 2.20 bits per heavy atom. The molecule has 2 aromatic rings. The van der Waals surface area contributed by atoms with Crippen molar-refractivity contribution in [2.75, 3.05) is 13.1 Å². The zero-order valence-corrected chi connectivity index (χ0v) is 11.0. The van der Waals surface area contributed by atoms with Gasteiger partial charge in [-0.15, -0.1) is 0 Å². The van der Waals surface area contributed by atoms with E-state index < -0.39 is 0 Å². The summed E-state index contributed by atoms with van der Waals surface area (Å²) in [5.74, 6) is -0.121. The van der Waals surface area contributed by atoms with Gasteiger partial charge in [0.2, 0.25) is 0 Å². The fourth-order valence-electron chi connectivity index (χ4n) is 2.60. The number of para-hydroxylation sites is 1. The average Bonchev–Trinajstić information content (AvgIpc) is 2.53. The van der Waals surface area contributed by atoms with Gasteiger partial charge in [-0.3, -0.25) is 14.8 Å². The van der Waals surface area contributed by atoms with Crippen molar-refractivity contribution in [3.05, 3.63) is 36.2 Å². The van der Waals surface area contributed by atoms with Crippen LogP contribution in [0.2, 0.25) is 0 Å². The predicted octanol–water partition coefficient (Wildman–Crippen LogP) is 2.01. The van der Waals surface area contributed by atoms with E-state index in [0.717, 1.165) is 12.8 Å². The van der Waals surface area contributed by atoms with Crippen molar-refractivity contribution in [3.63, 3.8) is 0 Å². The number of piperidine rings is 1. The average molecular weight is 266 g/mol. The van der Waals surface area contributed by atoms with E-state index >= 15 is 0 Å². The van der Waals surface area contributed by atoms with Gasteiger partial charge in [-0.25, -0.2) is 0 Å². The minimum Gasteiger partial charge on any atom is -0.337 e. The molecular weight excluding hydrogens is 252 g/mol. The van der Waals surface area contributed by atoms with E-state index in [1.807, 2.05) is 12.1 Å². The van der Waals surface area contributed by atoms with E-state index in [1.165, 1.54) is 0 Å². The van der Waals surface area contributed by atoms with Crippen LogP contribution in [0, 0.1) is 17.2 Å². The zero-order chi connectivity index (χ0) is 13.9. The summed E-state index contributed by atoms with van der Waals surface area (Å²) in [6, 6.07) is 7.68. The van der Waals surface area contributed by atoms with Gasteiger partial charge in [0.05, 0.1) is 23.1 Å². The van der Waals surface area contributed by atoms with Gasteiger partial charge in [0, 0.05) is 25.5 Å². The molecule has 1 aromatic heterocycles. The van der Waals surface area contributed by atoms with Crippen LogP contribution < -0.4 is 0 Å². The minimum atomic E-state index is -0.0613. The molecular formula is C15H14N4O. The highest BCUT2D eigenvalue weighted by Gasteiger charge is 2.25. The Hall–Kier alpha value is -2.48. The highest BCUT2D eigenvalue weighted by Crippen LogP contribution is 2.21. The van der Waals surface area contributed by atoms with Crippen LogP contribution in [0.4, 0.5) is 0 Å². The molecule has 0 aliphatic carbocycles. The Bertz CT molecular complexity index is 686. The molecule has 0 bridgehead atoms. The molecule has 1 unspecified atom stereocenters. The summed E-state index contributed by atoms with van der Waals surface area (Å²) in [6.07, 6.45) is 4.95. The number of amides is 1. The number of rotatable bonds is 1. The summed E-state index contributed by atoms with van der Waals surface area (Å²) in [4.78, 5) is 22.9. The van der Waals surface area contributed by atoms with Crippen molar-refractivity contribution in [2.24, 2.45) is 5.92 Å². The number of carbonyl (C=O) groups is 1. The molecule has 1 saturated heterocycles. The molecule has 1 aliphatic rings. The molecule has 1 aromatic carbocycles. The number of likely N-dealkylation sites (tertiary alicyclic amines) is 1. The van der Waals surface area contributed by atoms with Crippen LogP contribution in [-0.2, 0) is 0 Å². The number of fused-ring (bicyclic) bond motifs is 1. The number of hydrogen-bond donors (Lipinski definition) is 0. The Morgan fingerprint density at radius 1 is 1.35 bits per heavy atom.